The van der Waals surface area contributed by atoms with Crippen LogP contribution in [0, 0.1) is 0 Å². The van der Waals surface area contributed by atoms with Crippen molar-refractivity contribution in [2.24, 2.45) is 0 Å². The monoisotopic (exact) mass is 414 g/mol. The normalized spacial score (nSPS) is 13.5. The first-order valence-electron chi connectivity index (χ1n) is 10.2. The number of benzene rings is 2. The largest absolute Gasteiger partial charge is 0.349 e. The van der Waals surface area contributed by atoms with Gasteiger partial charge in [0.25, 0.3) is 5.91 Å². The van der Waals surface area contributed by atoms with Gasteiger partial charge in [0.15, 0.2) is 5.65 Å². The topological polar surface area (TPSA) is 59.3 Å². The third kappa shape index (κ3) is 3.71. The van der Waals surface area contributed by atoms with Crippen LogP contribution in [-0.2, 0) is 0 Å². The van der Waals surface area contributed by atoms with Gasteiger partial charge in [0.05, 0.1) is 17.6 Å². The molecule has 0 spiro atoms. The van der Waals surface area contributed by atoms with Crippen molar-refractivity contribution in [3.63, 3.8) is 0 Å². The third-order valence-electron chi connectivity index (χ3n) is 5.17. The summed E-state index contributed by atoms with van der Waals surface area (Å²) in [5.74, 6) is 0.924. The van der Waals surface area contributed by atoms with E-state index >= 15 is 0 Å². The Morgan fingerprint density at radius 3 is 2.57 bits per heavy atom. The summed E-state index contributed by atoms with van der Waals surface area (Å²) in [6, 6.07) is 18.3. The number of nitrogens with one attached hydrogen (secondary N) is 1. The van der Waals surface area contributed by atoms with Crippen LogP contribution in [0.25, 0.3) is 28.2 Å². The SMILES string of the molecule is CCSc1nc(-c2ccccc2)cn2c(-c3ccc(C(=O)NC4CC4)cc3)cnc12. The second kappa shape index (κ2) is 7.95. The minimum absolute atomic E-state index is 0.000567. The van der Waals surface area contributed by atoms with E-state index in [2.05, 4.69) is 33.8 Å². The maximum absolute atomic E-state index is 12.3. The van der Waals surface area contributed by atoms with Gasteiger partial charge < -0.3 is 5.32 Å². The van der Waals surface area contributed by atoms with Gasteiger partial charge in [0.1, 0.15) is 5.03 Å². The molecule has 0 atom stereocenters. The Morgan fingerprint density at radius 2 is 1.87 bits per heavy atom. The molecular formula is C24H22N4OS. The second-order valence-electron chi connectivity index (χ2n) is 7.39. The molecule has 0 unspecified atom stereocenters. The molecular weight excluding hydrogens is 392 g/mol. The molecule has 0 bridgehead atoms. The molecule has 30 heavy (non-hydrogen) atoms. The summed E-state index contributed by atoms with van der Waals surface area (Å²) in [7, 11) is 0. The Bertz CT molecular complexity index is 1200. The fourth-order valence-electron chi connectivity index (χ4n) is 3.44. The van der Waals surface area contributed by atoms with Gasteiger partial charge in [-0.05, 0) is 30.7 Å². The summed E-state index contributed by atoms with van der Waals surface area (Å²) in [4.78, 5) is 21.8. The average molecular weight is 415 g/mol. The smallest absolute Gasteiger partial charge is 0.251 e. The standard InChI is InChI=1S/C24H22N4OS/c1-2-30-24-22-25-14-21(28(22)15-20(27-24)16-6-4-3-5-7-16)17-8-10-18(11-9-17)23(29)26-19-12-13-19/h3-11,14-15,19H,2,12-13H2,1H3,(H,26,29). The molecule has 2 aromatic carbocycles. The molecule has 1 N–H and O–H groups in total. The minimum atomic E-state index is -0.000567. The zero-order valence-electron chi connectivity index (χ0n) is 16.7. The molecule has 2 aromatic heterocycles. The summed E-state index contributed by atoms with van der Waals surface area (Å²) in [6.07, 6.45) is 6.09. The first-order valence-corrected chi connectivity index (χ1v) is 11.2. The van der Waals surface area contributed by atoms with Gasteiger partial charge >= 0.3 is 0 Å². The number of aromatic nitrogens is 3. The number of rotatable bonds is 6. The van der Waals surface area contributed by atoms with E-state index in [-0.39, 0.29) is 5.91 Å². The third-order valence-corrected chi connectivity index (χ3v) is 6.00. The zero-order valence-corrected chi connectivity index (χ0v) is 17.5. The van der Waals surface area contributed by atoms with E-state index in [0.29, 0.717) is 11.6 Å². The van der Waals surface area contributed by atoms with Crippen molar-refractivity contribution in [1.29, 1.82) is 0 Å². The Labute approximate surface area is 179 Å². The Kier molecular flexibility index (Phi) is 5.01. The molecule has 1 saturated carbocycles. The highest BCUT2D eigenvalue weighted by Crippen LogP contribution is 2.30. The van der Waals surface area contributed by atoms with Crippen LogP contribution in [0.1, 0.15) is 30.1 Å². The first kappa shape index (κ1) is 18.9. The zero-order chi connectivity index (χ0) is 20.5. The lowest BCUT2D eigenvalue weighted by Gasteiger charge is -2.09. The van der Waals surface area contributed by atoms with Crippen molar-refractivity contribution in [1.82, 2.24) is 19.7 Å². The minimum Gasteiger partial charge on any atom is -0.349 e. The summed E-state index contributed by atoms with van der Waals surface area (Å²) in [5.41, 5.74) is 5.53. The highest BCUT2D eigenvalue weighted by atomic mass is 32.2. The van der Waals surface area contributed by atoms with Gasteiger partial charge in [-0.1, -0.05) is 49.4 Å². The van der Waals surface area contributed by atoms with Crippen molar-refractivity contribution in [3.05, 3.63) is 72.6 Å². The van der Waals surface area contributed by atoms with Gasteiger partial charge in [0.2, 0.25) is 0 Å². The number of carbonyl (C=O) groups excluding carboxylic acids is 1. The van der Waals surface area contributed by atoms with Crippen molar-refractivity contribution in [2.45, 2.75) is 30.8 Å². The van der Waals surface area contributed by atoms with Crippen LogP contribution in [0.5, 0.6) is 0 Å². The molecule has 5 rings (SSSR count). The molecule has 0 radical (unpaired) electrons. The number of thioether (sulfide) groups is 1. The molecule has 0 aliphatic heterocycles. The molecule has 4 aromatic rings. The van der Waals surface area contributed by atoms with Crippen LogP contribution in [0.15, 0.2) is 72.0 Å². The Hall–Kier alpha value is -3.12. The molecule has 1 amide bonds. The maximum atomic E-state index is 12.3. The maximum Gasteiger partial charge on any atom is 0.251 e. The lowest BCUT2D eigenvalue weighted by Crippen LogP contribution is -2.25. The molecule has 2 heterocycles. The molecule has 1 aliphatic rings. The number of carbonyl (C=O) groups is 1. The molecule has 6 heteroatoms. The number of imidazole rings is 1. The Morgan fingerprint density at radius 1 is 1.10 bits per heavy atom. The van der Waals surface area contributed by atoms with Crippen LogP contribution in [0.2, 0.25) is 0 Å². The average Bonchev–Trinajstić information content (AvgIpc) is 3.49. The predicted molar refractivity (Wildman–Crippen MR) is 121 cm³/mol. The van der Waals surface area contributed by atoms with Crippen molar-refractivity contribution < 1.29 is 4.79 Å². The van der Waals surface area contributed by atoms with Crippen LogP contribution >= 0.6 is 11.8 Å². The van der Waals surface area contributed by atoms with Crippen molar-refractivity contribution >= 4 is 23.3 Å². The number of fused-ring (bicyclic) bond motifs is 1. The van der Waals surface area contributed by atoms with Gasteiger partial charge in [-0.25, -0.2) is 9.97 Å². The van der Waals surface area contributed by atoms with E-state index in [0.717, 1.165) is 51.8 Å². The lowest BCUT2D eigenvalue weighted by atomic mass is 10.1. The molecule has 1 aliphatic carbocycles. The first-order chi connectivity index (χ1) is 14.7. The van der Waals surface area contributed by atoms with Gasteiger partial charge in [-0.2, -0.15) is 0 Å². The lowest BCUT2D eigenvalue weighted by molar-refractivity contribution is 0.0951. The van der Waals surface area contributed by atoms with E-state index < -0.39 is 0 Å². The van der Waals surface area contributed by atoms with Crippen molar-refractivity contribution in [2.75, 3.05) is 5.75 Å². The summed E-state index contributed by atoms with van der Waals surface area (Å²) in [5, 5.41) is 3.96. The highest BCUT2D eigenvalue weighted by molar-refractivity contribution is 7.99. The van der Waals surface area contributed by atoms with Gasteiger partial charge in [0, 0.05) is 28.9 Å². The van der Waals surface area contributed by atoms with E-state index in [4.69, 9.17) is 4.98 Å². The van der Waals surface area contributed by atoms with E-state index in [1.54, 1.807) is 11.8 Å². The highest BCUT2D eigenvalue weighted by Gasteiger charge is 2.23. The van der Waals surface area contributed by atoms with Crippen LogP contribution in [-0.4, -0.2) is 32.1 Å². The van der Waals surface area contributed by atoms with Gasteiger partial charge in [-0.3, -0.25) is 9.20 Å². The fourth-order valence-corrected chi connectivity index (χ4v) is 4.16. The summed E-state index contributed by atoms with van der Waals surface area (Å²) in [6.45, 7) is 2.12. The van der Waals surface area contributed by atoms with Crippen molar-refractivity contribution in [3.8, 4) is 22.5 Å². The number of hydrogen-bond acceptors (Lipinski definition) is 4. The molecule has 150 valence electrons. The van der Waals surface area contributed by atoms with Crippen LogP contribution in [0.4, 0.5) is 0 Å². The summed E-state index contributed by atoms with van der Waals surface area (Å²) >= 11 is 1.69. The number of amides is 1. The van der Waals surface area contributed by atoms with E-state index in [9.17, 15) is 4.79 Å². The quantitative estimate of drug-likeness (QED) is 0.448. The molecule has 1 fully saturated rings. The van der Waals surface area contributed by atoms with Gasteiger partial charge in [-0.15, -0.1) is 11.8 Å². The molecule has 5 nitrogen and oxygen atoms in total. The van der Waals surface area contributed by atoms with Crippen LogP contribution < -0.4 is 5.32 Å². The predicted octanol–water partition coefficient (Wildman–Crippen LogP) is 5.07. The Balaban J connectivity index is 1.55. The van der Waals surface area contributed by atoms with E-state index in [1.165, 1.54) is 0 Å². The summed E-state index contributed by atoms with van der Waals surface area (Å²) < 4.78 is 2.10. The second-order valence-corrected chi connectivity index (χ2v) is 8.65. The van der Waals surface area contributed by atoms with Crippen LogP contribution in [0.3, 0.4) is 0 Å². The fraction of sp³-hybridized carbons (Fsp3) is 0.208. The number of nitrogens with zero attached hydrogens (tertiary/aromatic N) is 3. The van der Waals surface area contributed by atoms with E-state index in [1.807, 2.05) is 54.9 Å². The molecule has 0 saturated heterocycles. The number of hydrogen-bond donors (Lipinski definition) is 1.